The van der Waals surface area contributed by atoms with Crippen molar-refractivity contribution in [3.05, 3.63) is 11.4 Å². The second-order valence-electron chi connectivity index (χ2n) is 4.67. The number of aromatic nitrogens is 3. The van der Waals surface area contributed by atoms with Gasteiger partial charge in [-0.05, 0) is 26.2 Å². The van der Waals surface area contributed by atoms with Crippen molar-refractivity contribution in [3.63, 3.8) is 0 Å². The Morgan fingerprint density at radius 3 is 2.56 bits per heavy atom. The predicted octanol–water partition coefficient (Wildman–Crippen LogP) is 2.48. The zero-order valence-corrected chi connectivity index (χ0v) is 10.2. The number of aryl methyl sites for hydroxylation is 2. The van der Waals surface area contributed by atoms with Gasteiger partial charge in [-0.15, -0.1) is 5.10 Å². The fourth-order valence-electron chi connectivity index (χ4n) is 2.22. The molecule has 0 atom stereocenters. The van der Waals surface area contributed by atoms with Crippen LogP contribution >= 0.6 is 0 Å². The summed E-state index contributed by atoms with van der Waals surface area (Å²) < 4.78 is 0. The van der Waals surface area contributed by atoms with Crippen LogP contribution in [0.1, 0.15) is 43.5 Å². The molecular weight excluding hydrogens is 200 g/mol. The van der Waals surface area contributed by atoms with Gasteiger partial charge in [0, 0.05) is 6.54 Å². The molecule has 1 N–H and O–H groups in total. The van der Waals surface area contributed by atoms with Crippen LogP contribution in [0.15, 0.2) is 0 Å². The largest absolute Gasteiger partial charge is 0.353 e. The fourth-order valence-corrected chi connectivity index (χ4v) is 2.22. The first-order valence-electron chi connectivity index (χ1n) is 6.17. The van der Waals surface area contributed by atoms with E-state index in [0.29, 0.717) is 5.95 Å². The molecule has 0 aromatic carbocycles. The molecule has 4 heteroatoms. The van der Waals surface area contributed by atoms with E-state index >= 15 is 0 Å². The average molecular weight is 220 g/mol. The molecule has 1 heterocycles. The summed E-state index contributed by atoms with van der Waals surface area (Å²) in [5, 5.41) is 11.3. The molecule has 1 aromatic heterocycles. The summed E-state index contributed by atoms with van der Waals surface area (Å²) in [6.45, 7) is 4.86. The van der Waals surface area contributed by atoms with Gasteiger partial charge in [0.1, 0.15) is 0 Å². The number of nitrogens with zero attached hydrogens (tertiary/aromatic N) is 3. The molecular formula is C12H20N4. The Bertz CT molecular complexity index is 345. The van der Waals surface area contributed by atoms with Gasteiger partial charge in [-0.3, -0.25) is 0 Å². The Balaban J connectivity index is 1.78. The van der Waals surface area contributed by atoms with E-state index in [0.717, 1.165) is 23.9 Å². The Kier molecular flexibility index (Phi) is 3.70. The molecule has 16 heavy (non-hydrogen) atoms. The summed E-state index contributed by atoms with van der Waals surface area (Å²) in [5.74, 6) is 1.58. The van der Waals surface area contributed by atoms with Crippen molar-refractivity contribution in [2.75, 3.05) is 11.9 Å². The molecule has 1 aromatic rings. The van der Waals surface area contributed by atoms with Gasteiger partial charge >= 0.3 is 0 Å². The van der Waals surface area contributed by atoms with Crippen LogP contribution < -0.4 is 5.32 Å². The van der Waals surface area contributed by atoms with Crippen molar-refractivity contribution in [2.24, 2.45) is 5.92 Å². The van der Waals surface area contributed by atoms with E-state index in [1.165, 1.54) is 32.1 Å². The van der Waals surface area contributed by atoms with Crippen LogP contribution in [0, 0.1) is 19.8 Å². The summed E-state index contributed by atoms with van der Waals surface area (Å²) in [6.07, 6.45) is 6.84. The van der Waals surface area contributed by atoms with Crippen molar-refractivity contribution >= 4 is 5.95 Å². The lowest BCUT2D eigenvalue weighted by atomic mass is 10.0. The number of rotatable bonds is 4. The zero-order valence-electron chi connectivity index (χ0n) is 10.2. The van der Waals surface area contributed by atoms with Crippen molar-refractivity contribution in [1.29, 1.82) is 0 Å². The van der Waals surface area contributed by atoms with Gasteiger partial charge in [0.15, 0.2) is 0 Å². The lowest BCUT2D eigenvalue weighted by molar-refractivity contribution is 0.517. The lowest BCUT2D eigenvalue weighted by Crippen LogP contribution is -2.11. The van der Waals surface area contributed by atoms with Crippen LogP contribution in [-0.2, 0) is 0 Å². The maximum absolute atomic E-state index is 4.35. The molecule has 2 rings (SSSR count). The minimum Gasteiger partial charge on any atom is -0.353 e. The van der Waals surface area contributed by atoms with Crippen LogP contribution in [0.3, 0.4) is 0 Å². The van der Waals surface area contributed by atoms with E-state index in [-0.39, 0.29) is 0 Å². The second-order valence-corrected chi connectivity index (χ2v) is 4.67. The van der Waals surface area contributed by atoms with Crippen molar-refractivity contribution < 1.29 is 0 Å². The van der Waals surface area contributed by atoms with Crippen LogP contribution in [0.2, 0.25) is 0 Å². The Morgan fingerprint density at radius 2 is 1.88 bits per heavy atom. The van der Waals surface area contributed by atoms with Gasteiger partial charge in [0.2, 0.25) is 5.95 Å². The topological polar surface area (TPSA) is 50.7 Å². The number of nitrogens with one attached hydrogen (secondary N) is 1. The highest BCUT2D eigenvalue weighted by molar-refractivity contribution is 5.24. The average Bonchev–Trinajstić information content (AvgIpc) is 2.76. The first-order chi connectivity index (χ1) is 7.75. The second kappa shape index (κ2) is 5.23. The van der Waals surface area contributed by atoms with E-state index in [1.807, 2.05) is 13.8 Å². The minimum atomic E-state index is 0.668. The van der Waals surface area contributed by atoms with Crippen LogP contribution in [0.5, 0.6) is 0 Å². The molecule has 1 fully saturated rings. The van der Waals surface area contributed by atoms with Gasteiger partial charge in [-0.1, -0.05) is 25.7 Å². The van der Waals surface area contributed by atoms with Gasteiger partial charge in [0.05, 0.1) is 11.4 Å². The molecule has 1 saturated carbocycles. The smallest absolute Gasteiger partial charge is 0.242 e. The first kappa shape index (κ1) is 11.3. The van der Waals surface area contributed by atoms with Gasteiger partial charge in [-0.2, -0.15) is 5.10 Å². The molecule has 0 aliphatic heterocycles. The quantitative estimate of drug-likeness (QED) is 0.847. The molecule has 0 radical (unpaired) electrons. The van der Waals surface area contributed by atoms with Gasteiger partial charge in [0.25, 0.3) is 0 Å². The highest BCUT2D eigenvalue weighted by Crippen LogP contribution is 2.27. The standard InChI is InChI=1S/C12H20N4/c1-9-10(2)15-16-12(14-9)13-8-7-11-5-3-4-6-11/h11H,3-8H2,1-2H3,(H,13,14,16). The molecule has 0 bridgehead atoms. The summed E-state index contributed by atoms with van der Waals surface area (Å²) in [7, 11) is 0. The van der Waals surface area contributed by atoms with Crippen molar-refractivity contribution in [3.8, 4) is 0 Å². The molecule has 88 valence electrons. The van der Waals surface area contributed by atoms with E-state index in [4.69, 9.17) is 0 Å². The first-order valence-corrected chi connectivity index (χ1v) is 6.17. The SMILES string of the molecule is Cc1nnc(NCCC2CCCC2)nc1C. The van der Waals surface area contributed by atoms with E-state index in [9.17, 15) is 0 Å². The third-order valence-electron chi connectivity index (χ3n) is 3.40. The van der Waals surface area contributed by atoms with E-state index in [1.54, 1.807) is 0 Å². The third-order valence-corrected chi connectivity index (χ3v) is 3.40. The normalized spacial score (nSPS) is 16.6. The van der Waals surface area contributed by atoms with Crippen molar-refractivity contribution in [2.45, 2.75) is 46.0 Å². The molecule has 1 aliphatic rings. The van der Waals surface area contributed by atoms with Crippen LogP contribution in [0.25, 0.3) is 0 Å². The monoisotopic (exact) mass is 220 g/mol. The highest BCUT2D eigenvalue weighted by Gasteiger charge is 2.14. The summed E-state index contributed by atoms with van der Waals surface area (Å²) in [5.41, 5.74) is 1.86. The van der Waals surface area contributed by atoms with Crippen molar-refractivity contribution in [1.82, 2.24) is 15.2 Å². The Hall–Kier alpha value is -1.19. The number of hydrogen-bond acceptors (Lipinski definition) is 4. The molecule has 4 nitrogen and oxygen atoms in total. The van der Waals surface area contributed by atoms with E-state index in [2.05, 4.69) is 20.5 Å². The molecule has 0 spiro atoms. The molecule has 0 amide bonds. The fraction of sp³-hybridized carbons (Fsp3) is 0.750. The molecule has 0 unspecified atom stereocenters. The third kappa shape index (κ3) is 2.90. The van der Waals surface area contributed by atoms with Gasteiger partial charge in [-0.25, -0.2) is 4.98 Å². The van der Waals surface area contributed by atoms with E-state index < -0.39 is 0 Å². The lowest BCUT2D eigenvalue weighted by Gasteiger charge is -2.09. The summed E-state index contributed by atoms with van der Waals surface area (Å²) in [4.78, 5) is 4.35. The predicted molar refractivity (Wildman–Crippen MR) is 64.4 cm³/mol. The zero-order chi connectivity index (χ0) is 11.4. The van der Waals surface area contributed by atoms with Crippen LogP contribution in [0.4, 0.5) is 5.95 Å². The van der Waals surface area contributed by atoms with Gasteiger partial charge < -0.3 is 5.32 Å². The molecule has 1 aliphatic carbocycles. The summed E-state index contributed by atoms with van der Waals surface area (Å²) in [6, 6.07) is 0. The molecule has 0 saturated heterocycles. The van der Waals surface area contributed by atoms with Crippen LogP contribution in [-0.4, -0.2) is 21.7 Å². The summed E-state index contributed by atoms with van der Waals surface area (Å²) >= 11 is 0. The Labute approximate surface area is 96.9 Å². The minimum absolute atomic E-state index is 0.668. The number of hydrogen-bond donors (Lipinski definition) is 1. The maximum atomic E-state index is 4.35. The number of anilines is 1. The Morgan fingerprint density at radius 1 is 1.12 bits per heavy atom. The highest BCUT2D eigenvalue weighted by atomic mass is 15.2. The maximum Gasteiger partial charge on any atom is 0.242 e.